The quantitative estimate of drug-likeness (QED) is 0.729. The van der Waals surface area contributed by atoms with Crippen molar-refractivity contribution in [3.05, 3.63) is 82.9 Å². The van der Waals surface area contributed by atoms with E-state index in [1.54, 1.807) is 0 Å². The normalized spacial score (nSPS) is 21.1. The molecule has 138 valence electrons. The number of anilines is 1. The molecule has 2 unspecified atom stereocenters. The molecule has 3 aromatic carbocycles. The molecular weight excluding hydrogens is 354 g/mol. The molecule has 0 radical (unpaired) electrons. The van der Waals surface area contributed by atoms with Crippen molar-refractivity contribution in [1.82, 2.24) is 0 Å². The van der Waals surface area contributed by atoms with Gasteiger partial charge in [0.25, 0.3) is 6.29 Å². The second-order valence-electron chi connectivity index (χ2n) is 7.33. The van der Waals surface area contributed by atoms with Crippen LogP contribution in [0, 0.1) is 0 Å². The van der Waals surface area contributed by atoms with Crippen LogP contribution in [0.15, 0.2) is 60.7 Å². The number of rotatable bonds is 2. The Morgan fingerprint density at radius 2 is 1.64 bits per heavy atom. The summed E-state index contributed by atoms with van der Waals surface area (Å²) in [6.45, 7) is 0. The maximum Gasteiger partial charge on any atom is 0.268 e. The molecule has 0 saturated heterocycles. The van der Waals surface area contributed by atoms with Crippen LogP contribution in [-0.4, -0.2) is 5.91 Å². The fourth-order valence-corrected chi connectivity index (χ4v) is 4.05. The number of hydrogen-bond donors (Lipinski definition) is 1. The van der Waals surface area contributed by atoms with Gasteiger partial charge >= 0.3 is 0 Å². The van der Waals surface area contributed by atoms with E-state index >= 15 is 0 Å². The number of para-hydroxylation sites is 1. The number of hydrogen-bond acceptors (Lipinski definition) is 4. The van der Waals surface area contributed by atoms with Crippen LogP contribution in [0.25, 0.3) is 0 Å². The summed E-state index contributed by atoms with van der Waals surface area (Å²) in [5, 5.41) is 2.87. The van der Waals surface area contributed by atoms with Crippen molar-refractivity contribution in [2.45, 2.75) is 25.2 Å². The van der Waals surface area contributed by atoms with Crippen molar-refractivity contribution in [3.8, 4) is 17.2 Å². The lowest BCUT2D eigenvalue weighted by atomic mass is 10.0. The number of carbonyl (C=O) groups is 1. The molecule has 3 aliphatic rings. The summed E-state index contributed by atoms with van der Waals surface area (Å²) in [7, 11) is 0. The molecular formula is C23H17NO4. The summed E-state index contributed by atoms with van der Waals surface area (Å²) < 4.78 is 18.1. The lowest BCUT2D eigenvalue weighted by Gasteiger charge is -2.12. The number of carbonyl (C=O) groups excluding carboxylic acids is 1. The molecule has 0 saturated carbocycles. The van der Waals surface area contributed by atoms with Gasteiger partial charge < -0.3 is 19.5 Å². The topological polar surface area (TPSA) is 56.8 Å². The molecule has 0 aliphatic carbocycles. The summed E-state index contributed by atoms with van der Waals surface area (Å²) in [6, 6.07) is 19.9. The van der Waals surface area contributed by atoms with E-state index in [0.29, 0.717) is 17.9 Å². The minimum Gasteiger partial charge on any atom is -0.485 e. The van der Waals surface area contributed by atoms with Crippen LogP contribution in [-0.2, 0) is 17.6 Å². The van der Waals surface area contributed by atoms with Gasteiger partial charge in [0, 0.05) is 17.7 Å². The van der Waals surface area contributed by atoms with Gasteiger partial charge in [-0.1, -0.05) is 36.4 Å². The van der Waals surface area contributed by atoms with Gasteiger partial charge in [0.1, 0.15) is 11.9 Å². The van der Waals surface area contributed by atoms with Gasteiger partial charge in [-0.2, -0.15) is 0 Å². The molecule has 28 heavy (non-hydrogen) atoms. The lowest BCUT2D eigenvalue weighted by molar-refractivity contribution is -0.115. The number of fused-ring (bicyclic) bond motifs is 3. The molecule has 1 amide bonds. The minimum atomic E-state index is -0.519. The Bertz CT molecular complexity index is 1100. The van der Waals surface area contributed by atoms with E-state index < -0.39 is 6.29 Å². The highest BCUT2D eigenvalue weighted by Gasteiger charge is 2.30. The molecule has 3 heterocycles. The monoisotopic (exact) mass is 371 g/mol. The minimum absolute atomic E-state index is 0.0134. The van der Waals surface area contributed by atoms with Gasteiger partial charge in [0.05, 0.1) is 6.42 Å². The molecule has 0 fully saturated rings. The Balaban J connectivity index is 1.24. The zero-order valence-electron chi connectivity index (χ0n) is 15.0. The third kappa shape index (κ3) is 2.43. The third-order valence-corrected chi connectivity index (χ3v) is 5.49. The number of benzene rings is 3. The zero-order chi connectivity index (χ0) is 18.7. The van der Waals surface area contributed by atoms with Gasteiger partial charge in [-0.3, -0.25) is 4.79 Å². The van der Waals surface area contributed by atoms with E-state index in [4.69, 9.17) is 14.2 Å². The summed E-state index contributed by atoms with van der Waals surface area (Å²) in [6.07, 6.45) is 0.745. The average Bonchev–Trinajstić information content (AvgIpc) is 3.41. The number of nitrogens with one attached hydrogen (secondary N) is 1. The highest BCUT2D eigenvalue weighted by atomic mass is 16.7. The molecule has 3 aromatic rings. The summed E-state index contributed by atoms with van der Waals surface area (Å²) in [4.78, 5) is 11.6. The first-order valence-corrected chi connectivity index (χ1v) is 9.37. The highest BCUT2D eigenvalue weighted by Crippen LogP contribution is 2.44. The Morgan fingerprint density at radius 1 is 0.786 bits per heavy atom. The van der Waals surface area contributed by atoms with Crippen LogP contribution < -0.4 is 19.5 Å². The van der Waals surface area contributed by atoms with Crippen LogP contribution in [0.4, 0.5) is 5.69 Å². The van der Waals surface area contributed by atoms with Crippen LogP contribution in [0.5, 0.6) is 17.2 Å². The van der Waals surface area contributed by atoms with Gasteiger partial charge in [-0.05, 0) is 41.0 Å². The van der Waals surface area contributed by atoms with Crippen molar-refractivity contribution in [2.24, 2.45) is 0 Å². The van der Waals surface area contributed by atoms with Crippen molar-refractivity contribution >= 4 is 11.6 Å². The van der Waals surface area contributed by atoms with E-state index in [9.17, 15) is 4.79 Å². The SMILES string of the molecule is O=C1Cc2ccc(C3Oc4ccc(C5Cc6ccccc6O5)cc4O3)cc2N1. The predicted molar refractivity (Wildman–Crippen MR) is 103 cm³/mol. The average molecular weight is 371 g/mol. The number of amides is 1. The number of ether oxygens (including phenoxy) is 3. The first-order chi connectivity index (χ1) is 13.7. The van der Waals surface area contributed by atoms with Crippen LogP contribution in [0.2, 0.25) is 0 Å². The van der Waals surface area contributed by atoms with Crippen LogP contribution in [0.1, 0.15) is 34.6 Å². The smallest absolute Gasteiger partial charge is 0.268 e. The van der Waals surface area contributed by atoms with Crippen LogP contribution in [0.3, 0.4) is 0 Å². The van der Waals surface area contributed by atoms with Gasteiger partial charge in [-0.15, -0.1) is 0 Å². The first kappa shape index (κ1) is 15.6. The standard InChI is InChI=1S/C23H17NO4/c25-22-12-13-5-6-16(9-17(13)24-22)23-27-19-8-7-15(11-21(19)28-23)20-10-14-3-1-2-4-18(14)26-20/h1-9,11,20,23H,10,12H2,(H,24,25). The molecule has 6 rings (SSSR count). The van der Waals surface area contributed by atoms with Crippen molar-refractivity contribution in [2.75, 3.05) is 5.32 Å². The molecule has 1 N–H and O–H groups in total. The fourth-order valence-electron chi connectivity index (χ4n) is 4.05. The Kier molecular flexibility index (Phi) is 3.20. The second kappa shape index (κ2) is 5.76. The maximum absolute atomic E-state index is 11.6. The lowest BCUT2D eigenvalue weighted by Crippen LogP contribution is -2.08. The summed E-state index contributed by atoms with van der Waals surface area (Å²) in [5.41, 5.74) is 5.01. The molecule has 0 aromatic heterocycles. The zero-order valence-corrected chi connectivity index (χ0v) is 15.0. The summed E-state index contributed by atoms with van der Waals surface area (Å²) in [5.74, 6) is 2.40. The third-order valence-electron chi connectivity index (χ3n) is 5.49. The Hall–Kier alpha value is -3.47. The van der Waals surface area contributed by atoms with Crippen molar-refractivity contribution in [3.63, 3.8) is 0 Å². The van der Waals surface area contributed by atoms with E-state index in [-0.39, 0.29) is 12.0 Å². The summed E-state index contributed by atoms with van der Waals surface area (Å²) >= 11 is 0. The first-order valence-electron chi connectivity index (χ1n) is 9.37. The maximum atomic E-state index is 11.6. The van der Waals surface area contributed by atoms with E-state index in [1.807, 2.05) is 54.6 Å². The highest BCUT2D eigenvalue weighted by molar-refractivity contribution is 5.99. The van der Waals surface area contributed by atoms with Crippen LogP contribution >= 0.6 is 0 Å². The van der Waals surface area contributed by atoms with Gasteiger partial charge in [0.2, 0.25) is 5.91 Å². The van der Waals surface area contributed by atoms with E-state index in [0.717, 1.165) is 34.5 Å². The van der Waals surface area contributed by atoms with E-state index in [2.05, 4.69) is 11.4 Å². The molecule has 5 nitrogen and oxygen atoms in total. The largest absolute Gasteiger partial charge is 0.485 e. The molecule has 0 bridgehead atoms. The molecule has 2 atom stereocenters. The van der Waals surface area contributed by atoms with Gasteiger partial charge in [-0.25, -0.2) is 0 Å². The molecule has 0 spiro atoms. The Morgan fingerprint density at radius 3 is 2.57 bits per heavy atom. The Labute approximate surface area is 161 Å². The molecule has 3 aliphatic heterocycles. The van der Waals surface area contributed by atoms with E-state index in [1.165, 1.54) is 5.56 Å². The fraction of sp³-hybridized carbons (Fsp3) is 0.174. The van der Waals surface area contributed by atoms with Crippen molar-refractivity contribution in [1.29, 1.82) is 0 Å². The second-order valence-corrected chi connectivity index (χ2v) is 7.33. The van der Waals surface area contributed by atoms with Crippen molar-refractivity contribution < 1.29 is 19.0 Å². The van der Waals surface area contributed by atoms with Gasteiger partial charge in [0.15, 0.2) is 11.5 Å². The molecule has 5 heteroatoms. The predicted octanol–water partition coefficient (Wildman–Crippen LogP) is 4.33.